The second kappa shape index (κ2) is 6.70. The largest absolute Gasteiger partial charge is 0.481 e. The molecular weight excluding hydrogens is 326 g/mol. The van der Waals surface area contributed by atoms with Crippen LogP contribution in [0.4, 0.5) is 11.4 Å². The summed E-state index contributed by atoms with van der Waals surface area (Å²) in [6.07, 6.45) is 2.07. The lowest BCUT2D eigenvalue weighted by atomic mass is 9.66. The lowest BCUT2D eigenvalue weighted by Crippen LogP contribution is -2.51. The maximum atomic E-state index is 12.5. The van der Waals surface area contributed by atoms with Crippen LogP contribution in [0.25, 0.3) is 0 Å². The van der Waals surface area contributed by atoms with E-state index < -0.39 is 16.3 Å². The highest BCUT2D eigenvalue weighted by atomic mass is 16.6. The minimum absolute atomic E-state index is 0.0457. The number of nitro benzene ring substituents is 1. The van der Waals surface area contributed by atoms with Gasteiger partial charge in [0, 0.05) is 50.4 Å². The average Bonchev–Trinajstić information content (AvgIpc) is 2.58. The number of piperazine rings is 1. The molecule has 134 valence electrons. The molecule has 3 rings (SSSR count). The number of nitrogens with zero attached hydrogens (tertiary/aromatic N) is 3. The first kappa shape index (κ1) is 17.2. The predicted molar refractivity (Wildman–Crippen MR) is 90.4 cm³/mol. The molecule has 8 heteroatoms. The van der Waals surface area contributed by atoms with Crippen molar-refractivity contribution in [2.45, 2.75) is 25.7 Å². The fourth-order valence-corrected chi connectivity index (χ4v) is 3.49. The van der Waals surface area contributed by atoms with Gasteiger partial charge in [0.1, 0.15) is 0 Å². The highest BCUT2D eigenvalue weighted by molar-refractivity contribution is 5.85. The Morgan fingerprint density at radius 1 is 1.20 bits per heavy atom. The van der Waals surface area contributed by atoms with E-state index in [9.17, 15) is 24.8 Å². The maximum Gasteiger partial charge on any atom is 0.310 e. The second-order valence-corrected chi connectivity index (χ2v) is 6.76. The van der Waals surface area contributed by atoms with Crippen molar-refractivity contribution >= 4 is 23.3 Å². The lowest BCUT2D eigenvalue weighted by Gasteiger charge is -2.40. The molecule has 0 atom stereocenters. The molecule has 25 heavy (non-hydrogen) atoms. The number of carboxylic acids is 1. The Balaban J connectivity index is 1.58. The molecule has 0 aromatic heterocycles. The zero-order valence-electron chi connectivity index (χ0n) is 13.9. The van der Waals surface area contributed by atoms with Gasteiger partial charge >= 0.3 is 5.97 Å². The molecule has 1 aliphatic heterocycles. The van der Waals surface area contributed by atoms with Crippen molar-refractivity contribution < 1.29 is 19.6 Å². The number of aliphatic carboxylic acids is 1. The van der Waals surface area contributed by atoms with Crippen molar-refractivity contribution in [3.8, 4) is 0 Å². The molecule has 1 saturated carbocycles. The second-order valence-electron chi connectivity index (χ2n) is 6.76. The highest BCUT2D eigenvalue weighted by Crippen LogP contribution is 2.44. The smallest absolute Gasteiger partial charge is 0.310 e. The Labute approximate surface area is 145 Å². The molecular formula is C17H21N3O5. The predicted octanol–water partition coefficient (Wildman–Crippen LogP) is 1.89. The van der Waals surface area contributed by atoms with E-state index in [4.69, 9.17) is 0 Å². The number of carboxylic acid groups (broad SMARTS) is 1. The first-order valence-corrected chi connectivity index (χ1v) is 8.42. The molecule has 0 unspecified atom stereocenters. The van der Waals surface area contributed by atoms with E-state index in [0.29, 0.717) is 39.0 Å². The van der Waals surface area contributed by atoms with E-state index in [1.165, 1.54) is 12.1 Å². The van der Waals surface area contributed by atoms with Crippen LogP contribution in [0.3, 0.4) is 0 Å². The maximum absolute atomic E-state index is 12.5. The van der Waals surface area contributed by atoms with Gasteiger partial charge in [0.25, 0.3) is 5.69 Å². The molecule has 0 radical (unpaired) electrons. The van der Waals surface area contributed by atoms with Crippen LogP contribution < -0.4 is 4.90 Å². The van der Waals surface area contributed by atoms with E-state index in [0.717, 1.165) is 12.1 Å². The van der Waals surface area contributed by atoms with Gasteiger partial charge in [-0.3, -0.25) is 19.7 Å². The minimum atomic E-state index is -0.873. The molecule has 1 heterocycles. The van der Waals surface area contributed by atoms with Crippen molar-refractivity contribution in [2.24, 2.45) is 5.41 Å². The van der Waals surface area contributed by atoms with Crippen molar-refractivity contribution in [1.29, 1.82) is 0 Å². The van der Waals surface area contributed by atoms with Gasteiger partial charge in [-0.15, -0.1) is 0 Å². The van der Waals surface area contributed by atoms with Crippen LogP contribution in [0, 0.1) is 15.5 Å². The average molecular weight is 347 g/mol. The molecule has 0 bridgehead atoms. The van der Waals surface area contributed by atoms with Crippen LogP contribution in [-0.2, 0) is 9.59 Å². The van der Waals surface area contributed by atoms with Crippen LogP contribution >= 0.6 is 0 Å². The van der Waals surface area contributed by atoms with Crippen molar-refractivity contribution in [3.63, 3.8) is 0 Å². The Kier molecular flexibility index (Phi) is 4.61. The number of carbonyl (C=O) groups is 2. The molecule has 2 aliphatic rings. The first-order valence-electron chi connectivity index (χ1n) is 8.42. The molecule has 0 spiro atoms. The summed E-state index contributed by atoms with van der Waals surface area (Å²) in [5.74, 6) is -0.983. The Morgan fingerprint density at radius 2 is 1.88 bits per heavy atom. The monoisotopic (exact) mass is 347 g/mol. The number of hydrogen-bond donors (Lipinski definition) is 1. The van der Waals surface area contributed by atoms with Gasteiger partial charge in [-0.1, -0.05) is 12.5 Å². The van der Waals surface area contributed by atoms with Gasteiger partial charge in [0.05, 0.1) is 10.3 Å². The summed E-state index contributed by atoms with van der Waals surface area (Å²) < 4.78 is 0. The SMILES string of the molecule is O=C(CC1(C(=O)O)CCC1)N1CCN(c2cccc([N+](=O)[O-])c2)CC1. The van der Waals surface area contributed by atoms with Crippen LogP contribution in [0.5, 0.6) is 0 Å². The summed E-state index contributed by atoms with van der Waals surface area (Å²) in [6.45, 7) is 2.15. The third kappa shape index (κ3) is 3.42. The first-order chi connectivity index (χ1) is 11.9. The third-order valence-corrected chi connectivity index (χ3v) is 5.29. The quantitative estimate of drug-likeness (QED) is 0.644. The fraction of sp³-hybridized carbons (Fsp3) is 0.529. The fourth-order valence-electron chi connectivity index (χ4n) is 3.49. The molecule has 1 saturated heterocycles. The number of rotatable bonds is 5. The number of nitro groups is 1. The number of carbonyl (C=O) groups excluding carboxylic acids is 1. The van der Waals surface area contributed by atoms with Gasteiger partial charge in [-0.25, -0.2) is 0 Å². The summed E-state index contributed by atoms with van der Waals surface area (Å²) >= 11 is 0. The van der Waals surface area contributed by atoms with Crippen LogP contribution in [0.15, 0.2) is 24.3 Å². The Morgan fingerprint density at radius 3 is 2.40 bits per heavy atom. The zero-order valence-corrected chi connectivity index (χ0v) is 13.9. The zero-order chi connectivity index (χ0) is 18.0. The summed E-state index contributed by atoms with van der Waals surface area (Å²) in [5, 5.41) is 20.2. The van der Waals surface area contributed by atoms with E-state index >= 15 is 0 Å². The summed E-state index contributed by atoms with van der Waals surface area (Å²) in [5.41, 5.74) is -0.0551. The van der Waals surface area contributed by atoms with E-state index in [-0.39, 0.29) is 18.0 Å². The van der Waals surface area contributed by atoms with Gasteiger partial charge in [0.2, 0.25) is 5.91 Å². The number of non-ortho nitro benzene ring substituents is 1. The van der Waals surface area contributed by atoms with Crippen LogP contribution in [0.1, 0.15) is 25.7 Å². The molecule has 2 fully saturated rings. The number of benzene rings is 1. The Hall–Kier alpha value is -2.64. The van der Waals surface area contributed by atoms with Crippen LogP contribution in [0.2, 0.25) is 0 Å². The number of amides is 1. The van der Waals surface area contributed by atoms with Gasteiger partial charge in [-0.05, 0) is 18.9 Å². The van der Waals surface area contributed by atoms with E-state index in [2.05, 4.69) is 0 Å². The molecule has 1 aromatic rings. The topological polar surface area (TPSA) is 104 Å². The van der Waals surface area contributed by atoms with E-state index in [1.807, 2.05) is 11.0 Å². The molecule has 8 nitrogen and oxygen atoms in total. The molecule has 1 amide bonds. The summed E-state index contributed by atoms with van der Waals surface area (Å²) in [7, 11) is 0. The van der Waals surface area contributed by atoms with Gasteiger partial charge < -0.3 is 14.9 Å². The molecule has 1 aliphatic carbocycles. The number of hydrogen-bond acceptors (Lipinski definition) is 5. The van der Waals surface area contributed by atoms with Gasteiger partial charge in [0.15, 0.2) is 0 Å². The van der Waals surface area contributed by atoms with E-state index in [1.54, 1.807) is 11.0 Å². The van der Waals surface area contributed by atoms with Crippen LogP contribution in [-0.4, -0.2) is 53.0 Å². The van der Waals surface area contributed by atoms with Crippen molar-refractivity contribution in [1.82, 2.24) is 4.90 Å². The van der Waals surface area contributed by atoms with Crippen molar-refractivity contribution in [2.75, 3.05) is 31.1 Å². The normalized spacial score (nSPS) is 19.2. The molecule has 1 aromatic carbocycles. The lowest BCUT2D eigenvalue weighted by molar-refractivity contribution is -0.384. The summed E-state index contributed by atoms with van der Waals surface area (Å²) in [6, 6.07) is 6.45. The van der Waals surface area contributed by atoms with Gasteiger partial charge in [-0.2, -0.15) is 0 Å². The third-order valence-electron chi connectivity index (χ3n) is 5.29. The summed E-state index contributed by atoms with van der Waals surface area (Å²) in [4.78, 5) is 38.0. The number of anilines is 1. The minimum Gasteiger partial charge on any atom is -0.481 e. The molecule has 1 N–H and O–H groups in total. The highest BCUT2D eigenvalue weighted by Gasteiger charge is 2.46. The Bertz CT molecular complexity index is 693. The standard InChI is InChI=1S/C17H21N3O5/c21-15(12-17(16(22)23)5-2-6-17)19-9-7-18(8-10-19)13-3-1-4-14(11-13)20(24)25/h1,3-4,11H,2,5-10,12H2,(H,22,23). The van der Waals surface area contributed by atoms with Crippen molar-refractivity contribution in [3.05, 3.63) is 34.4 Å².